The Morgan fingerprint density at radius 1 is 0.929 bits per heavy atom. The monoisotopic (exact) mass is 578 g/mol. The summed E-state index contributed by atoms with van der Waals surface area (Å²) in [6.45, 7) is 4.63. The zero-order valence-corrected chi connectivity index (χ0v) is 24.2. The highest BCUT2D eigenvalue weighted by Gasteiger charge is 2.23. The van der Waals surface area contributed by atoms with Gasteiger partial charge in [0, 0.05) is 48.5 Å². The predicted octanol–water partition coefficient (Wildman–Crippen LogP) is 6.22. The number of urea groups is 1. The Bertz CT molecular complexity index is 1540. The Hall–Kier alpha value is -4.60. The molecule has 10 heteroatoms. The predicted molar refractivity (Wildman–Crippen MR) is 159 cm³/mol. The first-order valence-corrected chi connectivity index (χ1v) is 13.7. The molecule has 42 heavy (non-hydrogen) atoms. The van der Waals surface area contributed by atoms with E-state index in [1.807, 2.05) is 56.4 Å². The molecule has 0 unspecified atom stereocenters. The number of aromatic amines is 1. The summed E-state index contributed by atoms with van der Waals surface area (Å²) < 4.78 is 37.9. The van der Waals surface area contributed by atoms with Gasteiger partial charge in [0.15, 0.2) is 23.1 Å². The van der Waals surface area contributed by atoms with Crippen LogP contribution in [0.15, 0.2) is 66.9 Å². The second kappa shape index (κ2) is 13.8. The second-order valence-electron chi connectivity index (χ2n) is 10.4. The highest BCUT2D eigenvalue weighted by atomic mass is 19.2. The molecule has 1 aromatic heterocycles. The number of halogens is 2. The van der Waals surface area contributed by atoms with Crippen molar-refractivity contribution in [3.8, 4) is 11.5 Å². The van der Waals surface area contributed by atoms with Crippen LogP contribution in [0.3, 0.4) is 0 Å². The Morgan fingerprint density at radius 3 is 2.40 bits per heavy atom. The van der Waals surface area contributed by atoms with Crippen molar-refractivity contribution >= 4 is 28.5 Å². The van der Waals surface area contributed by atoms with Crippen molar-refractivity contribution in [2.24, 2.45) is 5.92 Å². The fourth-order valence-corrected chi connectivity index (χ4v) is 4.78. The van der Waals surface area contributed by atoms with Crippen LogP contribution in [0.4, 0.5) is 19.3 Å². The quantitative estimate of drug-likeness (QED) is 0.209. The summed E-state index contributed by atoms with van der Waals surface area (Å²) in [7, 11) is 3.11. The van der Waals surface area contributed by atoms with Crippen LogP contribution in [0.2, 0.25) is 0 Å². The SMILES string of the molecule is COc1ccc(CN(CCc2c[nH]c3ccccc23)C(=O)CN(CC(C)C)C(=O)Nc2ccc(F)c(F)c2)cc1OC. The first kappa shape index (κ1) is 30.4. The number of H-pyrrole nitrogens is 1. The van der Waals surface area contributed by atoms with Gasteiger partial charge in [0.05, 0.1) is 14.2 Å². The number of carbonyl (C=O) groups is 2. The lowest BCUT2D eigenvalue weighted by atomic mass is 10.1. The number of hydrogen-bond acceptors (Lipinski definition) is 4. The Morgan fingerprint density at radius 2 is 1.69 bits per heavy atom. The highest BCUT2D eigenvalue weighted by molar-refractivity contribution is 5.92. The topological polar surface area (TPSA) is 86.9 Å². The van der Waals surface area contributed by atoms with Crippen molar-refractivity contribution in [1.82, 2.24) is 14.8 Å². The van der Waals surface area contributed by atoms with Gasteiger partial charge in [0.2, 0.25) is 5.91 Å². The maximum atomic E-state index is 13.8. The third kappa shape index (κ3) is 7.57. The third-order valence-electron chi connectivity index (χ3n) is 6.87. The van der Waals surface area contributed by atoms with Crippen LogP contribution >= 0.6 is 0 Å². The zero-order valence-electron chi connectivity index (χ0n) is 24.2. The van der Waals surface area contributed by atoms with Crippen LogP contribution in [-0.2, 0) is 17.8 Å². The molecular formula is C32H36F2N4O4. The van der Waals surface area contributed by atoms with Crippen LogP contribution in [-0.4, -0.2) is 60.6 Å². The van der Waals surface area contributed by atoms with Crippen molar-refractivity contribution < 1.29 is 27.8 Å². The first-order valence-electron chi connectivity index (χ1n) is 13.7. The summed E-state index contributed by atoms with van der Waals surface area (Å²) in [6, 6.07) is 16.0. The standard InChI is InChI=1S/C32H36F2N4O4/c1-21(2)18-38(32(40)36-24-10-11-26(33)27(34)16-24)20-31(39)37(19-22-9-12-29(41-3)30(15-22)42-4)14-13-23-17-35-28-8-6-5-7-25(23)28/h5-12,15-17,21,35H,13-14,18-20H2,1-4H3,(H,36,40). The van der Waals surface area contributed by atoms with Crippen LogP contribution in [0.5, 0.6) is 11.5 Å². The van der Waals surface area contributed by atoms with E-state index in [0.717, 1.165) is 34.2 Å². The van der Waals surface area contributed by atoms with Crippen molar-refractivity contribution in [1.29, 1.82) is 0 Å². The number of para-hydroxylation sites is 1. The van der Waals surface area contributed by atoms with Gasteiger partial charge >= 0.3 is 6.03 Å². The van der Waals surface area contributed by atoms with E-state index in [1.165, 1.54) is 11.0 Å². The molecular weight excluding hydrogens is 542 g/mol. The maximum Gasteiger partial charge on any atom is 0.322 e. The third-order valence-corrected chi connectivity index (χ3v) is 6.87. The molecule has 0 bridgehead atoms. The molecule has 2 N–H and O–H groups in total. The van der Waals surface area contributed by atoms with Gasteiger partial charge in [-0.15, -0.1) is 0 Å². The summed E-state index contributed by atoms with van der Waals surface area (Å²) in [6.07, 6.45) is 2.54. The molecule has 0 spiro atoms. The molecule has 4 rings (SSSR count). The minimum absolute atomic E-state index is 0.0547. The summed E-state index contributed by atoms with van der Waals surface area (Å²) in [4.78, 5) is 33.4. The number of carbonyl (C=O) groups excluding carboxylic acids is 2. The second-order valence-corrected chi connectivity index (χ2v) is 10.4. The van der Waals surface area contributed by atoms with Gasteiger partial charge in [-0.1, -0.05) is 38.1 Å². The Kier molecular flexibility index (Phi) is 10.0. The van der Waals surface area contributed by atoms with E-state index in [1.54, 1.807) is 25.2 Å². The van der Waals surface area contributed by atoms with E-state index >= 15 is 0 Å². The number of fused-ring (bicyclic) bond motifs is 1. The lowest BCUT2D eigenvalue weighted by molar-refractivity contribution is -0.132. The molecule has 0 aliphatic rings. The molecule has 4 aromatic rings. The molecule has 0 aliphatic carbocycles. The number of anilines is 1. The van der Waals surface area contributed by atoms with E-state index in [-0.39, 0.29) is 37.1 Å². The van der Waals surface area contributed by atoms with Gasteiger partial charge in [-0.3, -0.25) is 4.79 Å². The number of rotatable bonds is 12. The number of nitrogens with one attached hydrogen (secondary N) is 2. The minimum Gasteiger partial charge on any atom is -0.493 e. The zero-order chi connectivity index (χ0) is 30.2. The number of ether oxygens (including phenoxy) is 2. The lowest BCUT2D eigenvalue weighted by Gasteiger charge is -2.29. The van der Waals surface area contributed by atoms with E-state index in [4.69, 9.17) is 9.47 Å². The molecule has 8 nitrogen and oxygen atoms in total. The summed E-state index contributed by atoms with van der Waals surface area (Å²) in [5.74, 6) is -1.16. The normalized spacial score (nSPS) is 11.0. The number of amides is 3. The van der Waals surface area contributed by atoms with Crippen LogP contribution in [0.25, 0.3) is 10.9 Å². The Labute approximate surface area is 244 Å². The molecule has 3 aromatic carbocycles. The molecule has 222 valence electrons. The molecule has 0 saturated heterocycles. The molecule has 1 heterocycles. The summed E-state index contributed by atoms with van der Waals surface area (Å²) in [5, 5.41) is 3.67. The number of hydrogen-bond donors (Lipinski definition) is 2. The molecule has 0 aliphatic heterocycles. The molecule has 0 radical (unpaired) electrons. The molecule has 0 fully saturated rings. The van der Waals surface area contributed by atoms with Crippen LogP contribution < -0.4 is 14.8 Å². The van der Waals surface area contributed by atoms with E-state index in [0.29, 0.717) is 24.5 Å². The number of nitrogens with zero attached hydrogens (tertiary/aromatic N) is 2. The van der Waals surface area contributed by atoms with Crippen molar-refractivity contribution in [3.05, 3.63) is 89.6 Å². The number of benzene rings is 3. The largest absolute Gasteiger partial charge is 0.493 e. The lowest BCUT2D eigenvalue weighted by Crippen LogP contribution is -2.46. The fraction of sp³-hybridized carbons (Fsp3) is 0.312. The number of methoxy groups -OCH3 is 2. The van der Waals surface area contributed by atoms with Gasteiger partial charge < -0.3 is 29.6 Å². The van der Waals surface area contributed by atoms with Crippen molar-refractivity contribution in [3.63, 3.8) is 0 Å². The summed E-state index contributed by atoms with van der Waals surface area (Å²) >= 11 is 0. The van der Waals surface area contributed by atoms with Crippen LogP contribution in [0, 0.1) is 17.6 Å². The van der Waals surface area contributed by atoms with Gasteiger partial charge in [-0.2, -0.15) is 0 Å². The summed E-state index contributed by atoms with van der Waals surface area (Å²) in [5.41, 5.74) is 3.02. The minimum atomic E-state index is -1.07. The van der Waals surface area contributed by atoms with Crippen LogP contribution in [0.1, 0.15) is 25.0 Å². The van der Waals surface area contributed by atoms with Crippen molar-refractivity contribution in [2.75, 3.05) is 39.2 Å². The van der Waals surface area contributed by atoms with E-state index < -0.39 is 17.7 Å². The molecule has 3 amide bonds. The van der Waals surface area contributed by atoms with Gasteiger partial charge in [-0.25, -0.2) is 13.6 Å². The van der Waals surface area contributed by atoms with E-state index in [2.05, 4.69) is 10.3 Å². The molecule has 0 atom stereocenters. The van der Waals surface area contributed by atoms with E-state index in [9.17, 15) is 18.4 Å². The molecule has 0 saturated carbocycles. The van der Waals surface area contributed by atoms with Gasteiger partial charge in [0.1, 0.15) is 6.54 Å². The number of aromatic nitrogens is 1. The smallest absolute Gasteiger partial charge is 0.322 e. The van der Waals surface area contributed by atoms with Crippen molar-refractivity contribution in [2.45, 2.75) is 26.8 Å². The fourth-order valence-electron chi connectivity index (χ4n) is 4.78. The Balaban J connectivity index is 1.56. The highest BCUT2D eigenvalue weighted by Crippen LogP contribution is 2.28. The first-order chi connectivity index (χ1) is 20.2. The average Bonchev–Trinajstić information content (AvgIpc) is 3.39. The average molecular weight is 579 g/mol. The van der Waals surface area contributed by atoms with Gasteiger partial charge in [0.25, 0.3) is 0 Å². The maximum absolute atomic E-state index is 13.8. The van der Waals surface area contributed by atoms with Gasteiger partial charge in [-0.05, 0) is 53.8 Å².